The van der Waals surface area contributed by atoms with Crippen LogP contribution in [0.2, 0.25) is 0 Å². The molecule has 1 unspecified atom stereocenters. The number of thioether (sulfide) groups is 1. The molecule has 5 aromatic rings. The van der Waals surface area contributed by atoms with Gasteiger partial charge in [0, 0.05) is 42.1 Å². The Morgan fingerprint density at radius 2 is 1.39 bits per heavy atom. The van der Waals surface area contributed by atoms with Gasteiger partial charge in [0.2, 0.25) is 5.91 Å². The molecule has 46 heavy (non-hydrogen) atoms. The lowest BCUT2D eigenvalue weighted by Crippen LogP contribution is -2.30. The van der Waals surface area contributed by atoms with Crippen LogP contribution in [0.3, 0.4) is 0 Å². The third-order valence-corrected chi connectivity index (χ3v) is 8.14. The quantitative estimate of drug-likeness (QED) is 0.107. The van der Waals surface area contributed by atoms with Crippen molar-refractivity contribution in [1.29, 1.82) is 0 Å². The molecule has 5 rings (SSSR count). The van der Waals surface area contributed by atoms with Crippen molar-refractivity contribution in [3.05, 3.63) is 156 Å². The van der Waals surface area contributed by atoms with Gasteiger partial charge in [-0.15, -0.1) is 11.8 Å². The lowest BCUT2D eigenvalue weighted by atomic mass is 10.1. The van der Waals surface area contributed by atoms with Gasteiger partial charge in [-0.2, -0.15) is 0 Å². The smallest absolute Gasteiger partial charge is 0.272 e. The molecule has 1 heterocycles. The molecule has 0 aliphatic carbocycles. The normalized spacial score (nSPS) is 11.7. The fourth-order valence-electron chi connectivity index (χ4n) is 4.46. The molecular weight excluding hydrogens is 595 g/mol. The molecule has 0 bridgehead atoms. The molecule has 0 radical (unpaired) electrons. The van der Waals surface area contributed by atoms with Crippen LogP contribution in [-0.4, -0.2) is 36.8 Å². The summed E-state index contributed by atoms with van der Waals surface area (Å²) in [4.78, 5) is 46.9. The van der Waals surface area contributed by atoms with Gasteiger partial charge in [0.1, 0.15) is 16.8 Å². The van der Waals surface area contributed by atoms with Crippen molar-refractivity contribution in [3.63, 3.8) is 0 Å². The van der Waals surface area contributed by atoms with Crippen molar-refractivity contribution in [2.75, 3.05) is 29.6 Å². The van der Waals surface area contributed by atoms with Gasteiger partial charge in [0.05, 0.1) is 0 Å². The van der Waals surface area contributed by atoms with Gasteiger partial charge in [0.25, 0.3) is 11.8 Å². The molecule has 0 spiro atoms. The Morgan fingerprint density at radius 3 is 2.02 bits per heavy atom. The van der Waals surface area contributed by atoms with Crippen LogP contribution in [0.5, 0.6) is 0 Å². The average Bonchev–Trinajstić information content (AvgIpc) is 3.09. The first-order chi connectivity index (χ1) is 22.4. The second-order valence-corrected chi connectivity index (χ2v) is 11.6. The third-order valence-electron chi connectivity index (χ3n) is 6.87. The fraction of sp³-hybridized carbons (Fsp3) is 0.0811. The Balaban J connectivity index is 1.33. The molecule has 0 saturated heterocycles. The number of carbonyl (C=O) groups is 3. The number of nitrogens with zero attached hydrogens (tertiary/aromatic N) is 2. The molecule has 0 fully saturated rings. The summed E-state index contributed by atoms with van der Waals surface area (Å²) >= 11 is 1.39. The summed E-state index contributed by atoms with van der Waals surface area (Å²) in [6.45, 7) is 0. The summed E-state index contributed by atoms with van der Waals surface area (Å²) in [5.74, 6) is -0.591. The highest BCUT2D eigenvalue weighted by molar-refractivity contribution is 8.00. The molecule has 230 valence electrons. The van der Waals surface area contributed by atoms with Crippen LogP contribution in [0.15, 0.2) is 144 Å². The van der Waals surface area contributed by atoms with Crippen molar-refractivity contribution < 1.29 is 14.4 Å². The van der Waals surface area contributed by atoms with Crippen molar-refractivity contribution >= 4 is 52.8 Å². The number of anilines is 3. The maximum atomic E-state index is 13.5. The van der Waals surface area contributed by atoms with Gasteiger partial charge in [-0.05, 0) is 77.9 Å². The zero-order valence-corrected chi connectivity index (χ0v) is 26.2. The molecule has 1 aromatic heterocycles. The maximum Gasteiger partial charge on any atom is 0.272 e. The molecule has 9 heteroatoms. The Labute approximate surface area is 272 Å². The SMILES string of the molecule is CN(C)c1ccc(/C=C(\NC(=O)c2ccccc2)C(=O)Nc2ccc(SC(C(=O)Nc3ccccn3)c3ccccc3)cc2)cc1. The van der Waals surface area contributed by atoms with E-state index in [1.54, 1.807) is 60.8 Å². The zero-order valence-electron chi connectivity index (χ0n) is 25.4. The van der Waals surface area contributed by atoms with Crippen molar-refractivity contribution in [2.24, 2.45) is 0 Å². The number of benzene rings is 4. The van der Waals surface area contributed by atoms with E-state index in [4.69, 9.17) is 0 Å². The number of hydrogen-bond acceptors (Lipinski definition) is 6. The number of rotatable bonds is 11. The highest BCUT2D eigenvalue weighted by Crippen LogP contribution is 2.36. The van der Waals surface area contributed by atoms with Gasteiger partial charge >= 0.3 is 0 Å². The predicted molar refractivity (Wildman–Crippen MR) is 186 cm³/mol. The largest absolute Gasteiger partial charge is 0.378 e. The molecule has 0 aliphatic heterocycles. The monoisotopic (exact) mass is 627 g/mol. The Morgan fingerprint density at radius 1 is 0.739 bits per heavy atom. The fourth-order valence-corrected chi connectivity index (χ4v) is 5.48. The number of carbonyl (C=O) groups excluding carboxylic acids is 3. The molecule has 0 saturated carbocycles. The molecular formula is C37H33N5O3S. The van der Waals surface area contributed by atoms with Gasteiger partial charge in [-0.3, -0.25) is 14.4 Å². The summed E-state index contributed by atoms with van der Waals surface area (Å²) in [7, 11) is 3.90. The minimum atomic E-state index is -0.537. The van der Waals surface area contributed by atoms with E-state index in [1.807, 2.05) is 97.9 Å². The van der Waals surface area contributed by atoms with Gasteiger partial charge < -0.3 is 20.9 Å². The van der Waals surface area contributed by atoms with E-state index in [1.165, 1.54) is 11.8 Å². The number of aromatic nitrogens is 1. The van der Waals surface area contributed by atoms with Crippen LogP contribution in [-0.2, 0) is 9.59 Å². The van der Waals surface area contributed by atoms with E-state index < -0.39 is 17.1 Å². The van der Waals surface area contributed by atoms with Crippen LogP contribution in [0.1, 0.15) is 26.7 Å². The van der Waals surface area contributed by atoms with Gasteiger partial charge in [0.15, 0.2) is 0 Å². The number of pyridine rings is 1. The van der Waals surface area contributed by atoms with Crippen molar-refractivity contribution in [1.82, 2.24) is 10.3 Å². The molecule has 0 aliphatic rings. The summed E-state index contributed by atoms with van der Waals surface area (Å²) in [5.41, 5.74) is 3.68. The zero-order chi connectivity index (χ0) is 32.3. The number of hydrogen-bond donors (Lipinski definition) is 3. The minimum Gasteiger partial charge on any atom is -0.378 e. The van der Waals surface area contributed by atoms with Gasteiger partial charge in [-0.25, -0.2) is 4.98 Å². The minimum absolute atomic E-state index is 0.0974. The molecule has 3 amide bonds. The highest BCUT2D eigenvalue weighted by Gasteiger charge is 2.23. The molecule has 3 N–H and O–H groups in total. The Bertz CT molecular complexity index is 1800. The average molecular weight is 628 g/mol. The second kappa shape index (κ2) is 15.4. The Kier molecular flexibility index (Phi) is 10.6. The molecule has 4 aromatic carbocycles. The third kappa shape index (κ3) is 8.71. The summed E-state index contributed by atoms with van der Waals surface area (Å²) in [5, 5.41) is 8.02. The molecule has 1 atom stereocenters. The summed E-state index contributed by atoms with van der Waals surface area (Å²) in [6.07, 6.45) is 3.27. The maximum absolute atomic E-state index is 13.5. The first-order valence-electron chi connectivity index (χ1n) is 14.6. The van der Waals surface area contributed by atoms with Crippen LogP contribution >= 0.6 is 11.8 Å². The van der Waals surface area contributed by atoms with E-state index >= 15 is 0 Å². The van der Waals surface area contributed by atoms with Crippen molar-refractivity contribution in [2.45, 2.75) is 10.1 Å². The summed E-state index contributed by atoms with van der Waals surface area (Å²) in [6, 6.07) is 38.5. The molecule has 8 nitrogen and oxygen atoms in total. The van der Waals surface area contributed by atoms with Crippen molar-refractivity contribution in [3.8, 4) is 0 Å². The first kappa shape index (κ1) is 31.7. The number of amides is 3. The lowest BCUT2D eigenvalue weighted by molar-refractivity contribution is -0.116. The summed E-state index contributed by atoms with van der Waals surface area (Å²) < 4.78 is 0. The highest BCUT2D eigenvalue weighted by atomic mass is 32.2. The van der Waals surface area contributed by atoms with E-state index in [-0.39, 0.29) is 11.6 Å². The van der Waals surface area contributed by atoms with Crippen LogP contribution in [0.25, 0.3) is 6.08 Å². The second-order valence-electron chi connectivity index (χ2n) is 10.5. The first-order valence-corrected chi connectivity index (χ1v) is 15.4. The van der Waals surface area contributed by atoms with Gasteiger partial charge in [-0.1, -0.05) is 66.7 Å². The van der Waals surface area contributed by atoms with Crippen LogP contribution in [0.4, 0.5) is 17.2 Å². The predicted octanol–water partition coefficient (Wildman–Crippen LogP) is 7.03. The Hall–Kier alpha value is -5.67. The van der Waals surface area contributed by atoms with E-state index in [2.05, 4.69) is 20.9 Å². The lowest BCUT2D eigenvalue weighted by Gasteiger charge is -2.17. The number of nitrogens with one attached hydrogen (secondary N) is 3. The van der Waals surface area contributed by atoms with Crippen LogP contribution < -0.4 is 20.9 Å². The van der Waals surface area contributed by atoms with E-state index in [9.17, 15) is 14.4 Å². The van der Waals surface area contributed by atoms with Crippen LogP contribution in [0, 0.1) is 0 Å². The van der Waals surface area contributed by atoms with E-state index in [0.717, 1.165) is 21.7 Å². The topological polar surface area (TPSA) is 103 Å². The standard InChI is InChI=1S/C37H33N5O3S/c1-42(2)30-20-16-26(17-21-30)25-32(40-35(43)28-13-7-4-8-14-28)36(44)39-29-18-22-31(23-19-29)46-34(27-11-5-3-6-12-27)37(45)41-33-15-9-10-24-38-33/h3-25,34H,1-2H3,(H,39,44)(H,40,43)(H,38,41,45)/b32-25-. The van der Waals surface area contributed by atoms with E-state index in [0.29, 0.717) is 17.1 Å².